The van der Waals surface area contributed by atoms with Gasteiger partial charge in [0.05, 0.1) is 28.6 Å². The van der Waals surface area contributed by atoms with Gasteiger partial charge in [0, 0.05) is 25.1 Å². The number of sulfonamides is 1. The molecule has 3 N–H and O–H groups in total. The molecule has 2 amide bonds. The van der Waals surface area contributed by atoms with E-state index in [1.165, 1.54) is 18.2 Å². The Bertz CT molecular complexity index is 1720. The predicted molar refractivity (Wildman–Crippen MR) is 152 cm³/mol. The van der Waals surface area contributed by atoms with Crippen LogP contribution >= 0.6 is 0 Å². The molecule has 240 valence electrons. The number of aliphatic carboxylic acids is 1. The van der Waals surface area contributed by atoms with Crippen LogP contribution in [0.3, 0.4) is 0 Å². The lowest BCUT2D eigenvalue weighted by Crippen LogP contribution is -2.45. The van der Waals surface area contributed by atoms with Crippen molar-refractivity contribution in [2.24, 2.45) is 11.8 Å². The Hall–Kier alpha value is -4.40. The monoisotopic (exact) mass is 653 g/mol. The van der Waals surface area contributed by atoms with Crippen molar-refractivity contribution in [2.45, 2.75) is 36.4 Å². The molecule has 1 fully saturated rings. The molecule has 1 unspecified atom stereocenters. The summed E-state index contributed by atoms with van der Waals surface area (Å²) >= 11 is 0. The number of amides is 2. The van der Waals surface area contributed by atoms with Gasteiger partial charge in [0.1, 0.15) is 23.5 Å². The van der Waals surface area contributed by atoms with E-state index in [9.17, 15) is 40.0 Å². The number of carboxylic acid groups (broad SMARTS) is 1. The molecule has 0 spiro atoms. The standard InChI is InChI=1S/C30H28F5N3O6S/c31-20-5-6-25(32)23(15-20)17-4-7-27-26(13-17)38(45(42,43)22-3-1-2-19(14-22)30(33,34)35)16-21(44-27)9-11-37-29(41)36-10-8-18-12-24(18)28(39)40/h1-7,13-15,18,21,24H,8-12,16H2,(H,39,40)(H2,36,37,41)/t18?,21-,24+/m0/s1. The van der Waals surface area contributed by atoms with E-state index in [2.05, 4.69) is 10.6 Å². The minimum atomic E-state index is -4.80. The molecule has 45 heavy (non-hydrogen) atoms. The lowest BCUT2D eigenvalue weighted by molar-refractivity contribution is -0.139. The van der Waals surface area contributed by atoms with Crippen LogP contribution in [-0.4, -0.2) is 51.3 Å². The average molecular weight is 654 g/mol. The maximum absolute atomic E-state index is 14.6. The summed E-state index contributed by atoms with van der Waals surface area (Å²) in [7, 11) is -4.63. The van der Waals surface area contributed by atoms with Crippen LogP contribution in [0.4, 0.5) is 32.4 Å². The van der Waals surface area contributed by atoms with Gasteiger partial charge in [0.15, 0.2) is 0 Å². The quantitative estimate of drug-likeness (QED) is 0.252. The van der Waals surface area contributed by atoms with Crippen molar-refractivity contribution in [3.63, 3.8) is 0 Å². The third-order valence-corrected chi connectivity index (χ3v) is 9.45. The van der Waals surface area contributed by atoms with Crippen LogP contribution in [0.15, 0.2) is 65.6 Å². The van der Waals surface area contributed by atoms with Crippen LogP contribution in [0.25, 0.3) is 11.1 Å². The Morgan fingerprint density at radius 2 is 1.71 bits per heavy atom. The minimum absolute atomic E-state index is 0.0150. The fraction of sp³-hybridized carbons (Fsp3) is 0.333. The molecule has 2 aliphatic rings. The highest BCUT2D eigenvalue weighted by molar-refractivity contribution is 7.92. The Labute approximate surface area is 255 Å². The second-order valence-electron chi connectivity index (χ2n) is 10.8. The fourth-order valence-electron chi connectivity index (χ4n) is 5.19. The molecule has 0 aromatic heterocycles. The second-order valence-corrected chi connectivity index (χ2v) is 12.7. The molecule has 0 bridgehead atoms. The van der Waals surface area contributed by atoms with Gasteiger partial charge in [-0.05, 0) is 72.9 Å². The van der Waals surface area contributed by atoms with Gasteiger partial charge in [0.25, 0.3) is 10.0 Å². The molecule has 1 saturated carbocycles. The molecule has 15 heteroatoms. The van der Waals surface area contributed by atoms with Crippen LogP contribution < -0.4 is 19.7 Å². The first kappa shape index (κ1) is 32.0. The van der Waals surface area contributed by atoms with Gasteiger partial charge in [-0.1, -0.05) is 12.1 Å². The number of nitrogens with zero attached hydrogens (tertiary/aromatic N) is 1. The molecule has 3 aromatic rings. The highest BCUT2D eigenvalue weighted by Gasteiger charge is 2.42. The Morgan fingerprint density at radius 3 is 2.40 bits per heavy atom. The van der Waals surface area contributed by atoms with Crippen LogP contribution in [0.2, 0.25) is 0 Å². The van der Waals surface area contributed by atoms with E-state index in [0.717, 1.165) is 40.7 Å². The van der Waals surface area contributed by atoms with Crippen molar-refractivity contribution in [1.29, 1.82) is 0 Å². The first-order valence-corrected chi connectivity index (χ1v) is 15.4. The zero-order valence-corrected chi connectivity index (χ0v) is 24.3. The molecule has 0 radical (unpaired) electrons. The third-order valence-electron chi connectivity index (χ3n) is 7.67. The van der Waals surface area contributed by atoms with Crippen molar-refractivity contribution < 1.29 is 49.8 Å². The van der Waals surface area contributed by atoms with E-state index in [4.69, 9.17) is 9.84 Å². The normalized spacial score (nSPS) is 19.3. The number of ether oxygens (including phenoxy) is 1. The second kappa shape index (κ2) is 12.5. The topological polar surface area (TPSA) is 125 Å². The Morgan fingerprint density at radius 1 is 0.978 bits per heavy atom. The highest BCUT2D eigenvalue weighted by Crippen LogP contribution is 2.42. The largest absolute Gasteiger partial charge is 0.486 e. The SMILES string of the molecule is O=C(NCCC1C[C@H]1C(=O)O)NCC[C@H]1CN(S(=O)(=O)c2cccc(C(F)(F)F)c2)c2cc(-c3cc(F)ccc3F)ccc2O1. The van der Waals surface area contributed by atoms with Gasteiger partial charge < -0.3 is 20.5 Å². The van der Waals surface area contributed by atoms with Crippen LogP contribution in [0.1, 0.15) is 24.8 Å². The average Bonchev–Trinajstić information content (AvgIpc) is 3.77. The number of carbonyl (C=O) groups is 2. The number of halogens is 5. The van der Waals surface area contributed by atoms with Gasteiger partial charge in [-0.3, -0.25) is 9.10 Å². The van der Waals surface area contributed by atoms with Crippen LogP contribution in [0, 0.1) is 23.5 Å². The van der Waals surface area contributed by atoms with E-state index in [1.54, 1.807) is 0 Å². The predicted octanol–water partition coefficient (Wildman–Crippen LogP) is 5.41. The molecule has 1 aliphatic heterocycles. The van der Waals surface area contributed by atoms with Crippen molar-refractivity contribution in [2.75, 3.05) is 23.9 Å². The first-order valence-electron chi connectivity index (χ1n) is 13.9. The summed E-state index contributed by atoms with van der Waals surface area (Å²) < 4.78 is 103. The summed E-state index contributed by atoms with van der Waals surface area (Å²) in [5, 5.41) is 14.2. The number of fused-ring (bicyclic) bond motifs is 1. The van der Waals surface area contributed by atoms with Gasteiger partial charge in [-0.2, -0.15) is 13.2 Å². The van der Waals surface area contributed by atoms with Gasteiger partial charge in [0.2, 0.25) is 0 Å². The summed E-state index contributed by atoms with van der Waals surface area (Å²) in [5.74, 6) is -2.71. The number of hydrogen-bond acceptors (Lipinski definition) is 5. The van der Waals surface area contributed by atoms with E-state index in [-0.39, 0.29) is 60.5 Å². The zero-order chi connectivity index (χ0) is 32.5. The van der Waals surface area contributed by atoms with Crippen molar-refractivity contribution in [1.82, 2.24) is 10.6 Å². The van der Waals surface area contributed by atoms with Crippen LogP contribution in [-0.2, 0) is 21.0 Å². The number of benzene rings is 3. The summed E-state index contributed by atoms with van der Waals surface area (Å²) in [6.07, 6.45) is -4.47. The highest BCUT2D eigenvalue weighted by atomic mass is 32.2. The van der Waals surface area contributed by atoms with Crippen molar-refractivity contribution in [3.8, 4) is 16.9 Å². The summed E-state index contributed by atoms with van der Waals surface area (Å²) in [4.78, 5) is 22.5. The van der Waals surface area contributed by atoms with Crippen molar-refractivity contribution >= 4 is 27.7 Å². The summed E-state index contributed by atoms with van der Waals surface area (Å²) in [5.41, 5.74) is -1.31. The number of carboxylic acids is 1. The van der Waals surface area contributed by atoms with Gasteiger partial charge in [-0.25, -0.2) is 22.0 Å². The van der Waals surface area contributed by atoms with E-state index in [1.807, 2.05) is 0 Å². The third kappa shape index (κ3) is 7.30. The van der Waals surface area contributed by atoms with Crippen LogP contribution in [0.5, 0.6) is 5.75 Å². The maximum atomic E-state index is 14.6. The van der Waals surface area contributed by atoms with Gasteiger partial charge in [-0.15, -0.1) is 0 Å². The smallest absolute Gasteiger partial charge is 0.416 e. The van der Waals surface area contributed by atoms with Crippen molar-refractivity contribution in [3.05, 3.63) is 77.9 Å². The molecular weight excluding hydrogens is 625 g/mol. The molecule has 1 aliphatic carbocycles. The first-order chi connectivity index (χ1) is 21.2. The fourth-order valence-corrected chi connectivity index (χ4v) is 6.73. The Kier molecular flexibility index (Phi) is 8.92. The lowest BCUT2D eigenvalue weighted by atomic mass is 10.0. The molecule has 0 saturated heterocycles. The molecule has 3 aromatic carbocycles. The zero-order valence-electron chi connectivity index (χ0n) is 23.5. The van der Waals surface area contributed by atoms with E-state index >= 15 is 0 Å². The molecule has 9 nitrogen and oxygen atoms in total. The van der Waals surface area contributed by atoms with Gasteiger partial charge >= 0.3 is 18.2 Å². The number of rotatable bonds is 10. The lowest BCUT2D eigenvalue weighted by Gasteiger charge is -2.36. The number of nitrogens with one attached hydrogen (secondary N) is 2. The maximum Gasteiger partial charge on any atom is 0.416 e. The molecule has 5 rings (SSSR count). The number of anilines is 1. The summed E-state index contributed by atoms with van der Waals surface area (Å²) in [6.45, 7) is -0.0515. The Balaban J connectivity index is 1.35. The molecular formula is C30H28F5N3O6S. The van der Waals surface area contributed by atoms with E-state index in [0.29, 0.717) is 18.9 Å². The number of carbonyl (C=O) groups excluding carboxylic acids is 1. The van der Waals surface area contributed by atoms with E-state index < -0.39 is 56.4 Å². The number of hydrogen-bond donors (Lipinski definition) is 3. The molecule has 1 heterocycles. The molecule has 3 atom stereocenters. The number of urea groups is 1. The summed E-state index contributed by atoms with van der Waals surface area (Å²) in [6, 6.07) is 9.52. The number of alkyl halides is 3. The minimum Gasteiger partial charge on any atom is -0.486 e.